The fourth-order valence-corrected chi connectivity index (χ4v) is 5.96. The molecule has 4 aromatic rings. The molecule has 0 saturated carbocycles. The zero-order valence-corrected chi connectivity index (χ0v) is 23.3. The maximum absolute atomic E-state index is 11.5. The molecule has 0 radical (unpaired) electrons. The molecule has 194 valence electrons. The van der Waals surface area contributed by atoms with Crippen LogP contribution in [0.3, 0.4) is 0 Å². The molecule has 5 rings (SSSR count). The molecule has 38 heavy (non-hydrogen) atoms. The highest BCUT2D eigenvalue weighted by molar-refractivity contribution is 7.80. The van der Waals surface area contributed by atoms with Gasteiger partial charge >= 0.3 is 0 Å². The number of nitrogens with zero attached hydrogens (tertiary/aromatic N) is 3. The molecule has 2 N–H and O–H groups in total. The highest BCUT2D eigenvalue weighted by Gasteiger charge is 2.42. The number of pyridine rings is 1. The summed E-state index contributed by atoms with van der Waals surface area (Å²) in [6.45, 7) is 10.3. The molecule has 7 heteroatoms. The first-order valence-electron chi connectivity index (χ1n) is 13.0. The predicted octanol–water partition coefficient (Wildman–Crippen LogP) is 6.50. The zero-order valence-electron chi connectivity index (χ0n) is 22.4. The van der Waals surface area contributed by atoms with Crippen LogP contribution in [0, 0.1) is 20.8 Å². The summed E-state index contributed by atoms with van der Waals surface area (Å²) in [7, 11) is 0. The zero-order chi connectivity index (χ0) is 27.0. The molecule has 1 aliphatic rings. The second-order valence-corrected chi connectivity index (χ2v) is 10.2. The van der Waals surface area contributed by atoms with Gasteiger partial charge in [-0.3, -0.25) is 9.78 Å². The van der Waals surface area contributed by atoms with E-state index in [1.807, 2.05) is 48.7 Å². The summed E-state index contributed by atoms with van der Waals surface area (Å²) in [5.74, 6) is -0.0979. The molecule has 6 nitrogen and oxygen atoms in total. The van der Waals surface area contributed by atoms with E-state index in [4.69, 9.17) is 17.2 Å². The third-order valence-electron chi connectivity index (χ3n) is 7.28. The van der Waals surface area contributed by atoms with Crippen LogP contribution >= 0.6 is 12.2 Å². The molecule has 1 aliphatic heterocycles. The lowest BCUT2D eigenvalue weighted by atomic mass is 9.96. The minimum absolute atomic E-state index is 0.0979. The van der Waals surface area contributed by atoms with Crippen molar-refractivity contribution in [3.8, 4) is 5.69 Å². The first kappa shape index (κ1) is 25.7. The first-order valence-corrected chi connectivity index (χ1v) is 13.4. The summed E-state index contributed by atoms with van der Waals surface area (Å²) in [6.07, 6.45) is 2.79. The number of anilines is 2. The van der Waals surface area contributed by atoms with Crippen LogP contribution in [0.2, 0.25) is 0 Å². The lowest BCUT2D eigenvalue weighted by molar-refractivity contribution is -0.114. The predicted molar refractivity (Wildman–Crippen MR) is 158 cm³/mol. The highest BCUT2D eigenvalue weighted by Crippen LogP contribution is 2.44. The average Bonchev–Trinajstić information content (AvgIpc) is 3.39. The number of benzene rings is 2. The summed E-state index contributed by atoms with van der Waals surface area (Å²) in [4.78, 5) is 18.4. The van der Waals surface area contributed by atoms with E-state index in [2.05, 4.69) is 72.1 Å². The number of thiocarbonyl (C=S) groups is 1. The molecule has 2 unspecified atom stereocenters. The molecular formula is C31H33N5OS. The Morgan fingerprint density at radius 2 is 1.82 bits per heavy atom. The smallest absolute Gasteiger partial charge is 0.221 e. The Balaban J connectivity index is 1.66. The number of hydrogen-bond donors (Lipinski definition) is 2. The molecule has 2 atom stereocenters. The Kier molecular flexibility index (Phi) is 7.04. The van der Waals surface area contributed by atoms with Gasteiger partial charge in [-0.2, -0.15) is 0 Å². The lowest BCUT2D eigenvalue weighted by Gasteiger charge is -2.28. The van der Waals surface area contributed by atoms with Crippen molar-refractivity contribution in [1.29, 1.82) is 0 Å². The normalized spacial score (nSPS) is 17.0. The monoisotopic (exact) mass is 523 g/mol. The largest absolute Gasteiger partial charge is 0.351 e. The van der Waals surface area contributed by atoms with Crippen molar-refractivity contribution in [2.24, 2.45) is 0 Å². The molecule has 1 saturated heterocycles. The second-order valence-electron chi connectivity index (χ2n) is 9.82. The third-order valence-corrected chi connectivity index (χ3v) is 7.59. The topological polar surface area (TPSA) is 62.2 Å². The Bertz CT molecular complexity index is 1490. The van der Waals surface area contributed by atoms with Crippen molar-refractivity contribution in [3.63, 3.8) is 0 Å². The van der Waals surface area contributed by atoms with Gasteiger partial charge in [0, 0.05) is 35.9 Å². The Labute approximate surface area is 229 Å². The maximum atomic E-state index is 11.5. The van der Waals surface area contributed by atoms with E-state index in [1.54, 1.807) is 0 Å². The van der Waals surface area contributed by atoms with Crippen LogP contribution in [-0.4, -0.2) is 20.6 Å². The summed E-state index contributed by atoms with van der Waals surface area (Å²) < 4.78 is 2.39. The molecule has 0 spiro atoms. The minimum atomic E-state index is -0.129. The van der Waals surface area contributed by atoms with Crippen LogP contribution in [0.5, 0.6) is 0 Å². The van der Waals surface area contributed by atoms with Crippen molar-refractivity contribution < 1.29 is 4.79 Å². The van der Waals surface area contributed by atoms with Crippen molar-refractivity contribution in [2.45, 2.75) is 53.1 Å². The van der Waals surface area contributed by atoms with E-state index in [9.17, 15) is 4.79 Å². The van der Waals surface area contributed by atoms with Gasteiger partial charge in [-0.05, 0) is 98.6 Å². The number of nitrogens with one attached hydrogen (secondary N) is 2. The molecule has 0 bridgehead atoms. The molecule has 2 aromatic carbocycles. The molecule has 2 aromatic heterocycles. The molecular weight excluding hydrogens is 490 g/mol. The van der Waals surface area contributed by atoms with Gasteiger partial charge in [0.2, 0.25) is 5.91 Å². The lowest BCUT2D eigenvalue weighted by Crippen LogP contribution is -2.29. The van der Waals surface area contributed by atoms with Gasteiger partial charge in [-0.1, -0.05) is 31.2 Å². The molecule has 1 amide bonds. The average molecular weight is 524 g/mol. The SMILES string of the molecule is CCc1cccc(C)c1-n1c(C)cc(C2C(c3ccccn3)NC(=S)N2c2ccc(NC(C)=O)cc2)c1C. The maximum Gasteiger partial charge on any atom is 0.221 e. The van der Waals surface area contributed by atoms with Gasteiger partial charge in [0.05, 0.1) is 23.5 Å². The van der Waals surface area contributed by atoms with Crippen molar-refractivity contribution in [2.75, 3.05) is 10.2 Å². The van der Waals surface area contributed by atoms with E-state index in [0.29, 0.717) is 5.11 Å². The summed E-state index contributed by atoms with van der Waals surface area (Å²) >= 11 is 5.93. The van der Waals surface area contributed by atoms with E-state index in [0.717, 1.165) is 23.5 Å². The molecule has 0 aliphatic carbocycles. The van der Waals surface area contributed by atoms with Crippen LogP contribution in [0.15, 0.2) is 72.9 Å². The number of aromatic nitrogens is 2. The Morgan fingerprint density at radius 3 is 2.47 bits per heavy atom. The summed E-state index contributed by atoms with van der Waals surface area (Å²) in [5, 5.41) is 7.05. The molecule has 3 heterocycles. The fourth-order valence-electron chi connectivity index (χ4n) is 5.61. The van der Waals surface area contributed by atoms with Gasteiger partial charge in [0.15, 0.2) is 5.11 Å². The minimum Gasteiger partial charge on any atom is -0.351 e. The third kappa shape index (κ3) is 4.58. The van der Waals surface area contributed by atoms with Crippen LogP contribution in [0.1, 0.15) is 59.7 Å². The number of rotatable bonds is 6. The van der Waals surface area contributed by atoms with Gasteiger partial charge < -0.3 is 20.1 Å². The van der Waals surface area contributed by atoms with Crippen molar-refractivity contribution in [3.05, 3.63) is 107 Å². The number of hydrogen-bond acceptors (Lipinski definition) is 3. The van der Waals surface area contributed by atoms with Crippen molar-refractivity contribution >= 4 is 34.6 Å². The number of para-hydroxylation sites is 1. The quantitative estimate of drug-likeness (QED) is 0.283. The van der Waals surface area contributed by atoms with Crippen LogP contribution in [0.4, 0.5) is 11.4 Å². The number of carbonyl (C=O) groups is 1. The number of aryl methyl sites for hydroxylation is 3. The van der Waals surface area contributed by atoms with Crippen LogP contribution in [0.25, 0.3) is 5.69 Å². The Hall–Kier alpha value is -3.97. The molecule has 1 fully saturated rings. The van der Waals surface area contributed by atoms with Gasteiger partial charge in [-0.25, -0.2) is 0 Å². The van der Waals surface area contributed by atoms with Crippen LogP contribution < -0.4 is 15.5 Å². The Morgan fingerprint density at radius 1 is 1.05 bits per heavy atom. The fraction of sp³-hybridized carbons (Fsp3) is 0.258. The van der Waals surface area contributed by atoms with E-state index >= 15 is 0 Å². The summed E-state index contributed by atoms with van der Waals surface area (Å²) in [5.41, 5.74) is 10.0. The van der Waals surface area contributed by atoms with Gasteiger partial charge in [0.1, 0.15) is 0 Å². The van der Waals surface area contributed by atoms with E-state index in [-0.39, 0.29) is 18.0 Å². The van der Waals surface area contributed by atoms with Crippen molar-refractivity contribution in [1.82, 2.24) is 14.9 Å². The van der Waals surface area contributed by atoms with Gasteiger partial charge in [-0.15, -0.1) is 0 Å². The summed E-state index contributed by atoms with van der Waals surface area (Å²) in [6, 6.07) is 22.4. The van der Waals surface area contributed by atoms with Gasteiger partial charge in [0.25, 0.3) is 0 Å². The van der Waals surface area contributed by atoms with E-state index < -0.39 is 0 Å². The highest BCUT2D eigenvalue weighted by atomic mass is 32.1. The van der Waals surface area contributed by atoms with Crippen LogP contribution in [-0.2, 0) is 11.2 Å². The standard InChI is InChI=1S/C31H33N5OS/c1-6-23-11-9-10-19(2)29(23)35-20(3)18-26(21(35)4)30-28(27-12-7-8-17-32-27)34-31(38)36(30)25-15-13-24(14-16-25)33-22(5)37/h7-18,28,30H,6H2,1-5H3,(H,33,37)(H,34,38). The number of carbonyl (C=O) groups excluding carboxylic acids is 1. The second kappa shape index (κ2) is 10.4. The first-order chi connectivity index (χ1) is 18.3. The number of amides is 1. The van der Waals surface area contributed by atoms with E-state index in [1.165, 1.54) is 40.7 Å².